The van der Waals surface area contributed by atoms with E-state index in [4.69, 9.17) is 5.73 Å². The maximum absolute atomic E-state index is 6.00. The van der Waals surface area contributed by atoms with Crippen molar-refractivity contribution in [2.75, 3.05) is 5.73 Å². The smallest absolute Gasteiger partial charge is 0.167 e. The van der Waals surface area contributed by atoms with Crippen LogP contribution in [-0.4, -0.2) is 15.0 Å². The fourth-order valence-electron chi connectivity index (χ4n) is 2.29. The van der Waals surface area contributed by atoms with Gasteiger partial charge in [0, 0.05) is 16.6 Å². The Bertz CT molecular complexity index is 890. The summed E-state index contributed by atoms with van der Waals surface area (Å²) in [5.41, 5.74) is 10.5. The summed E-state index contributed by atoms with van der Waals surface area (Å²) in [6.45, 7) is 0. The van der Waals surface area contributed by atoms with E-state index in [9.17, 15) is 0 Å². The maximum atomic E-state index is 6.00. The van der Waals surface area contributed by atoms with Crippen LogP contribution in [0.4, 0.5) is 5.69 Å². The largest absolute Gasteiger partial charge is 0.398 e. The molecule has 0 aliphatic carbocycles. The standard InChI is InChI=1S/C16H12N4S/c17-11-6-2-1-5-10(11)14-9-21-16(20-14)15-18-12-7-3-4-8-13(12)19-15/h1-9H,17H2,(H,18,19). The molecule has 0 fully saturated rings. The number of nitrogens with zero attached hydrogens (tertiary/aromatic N) is 2. The topological polar surface area (TPSA) is 67.6 Å². The number of thiazole rings is 1. The Hall–Kier alpha value is -2.66. The van der Waals surface area contributed by atoms with E-state index in [0.717, 1.165) is 38.8 Å². The van der Waals surface area contributed by atoms with Crippen molar-refractivity contribution in [1.82, 2.24) is 15.0 Å². The number of para-hydroxylation sites is 3. The molecule has 0 saturated heterocycles. The molecule has 102 valence electrons. The molecular weight excluding hydrogens is 280 g/mol. The fourth-order valence-corrected chi connectivity index (χ4v) is 3.05. The molecule has 0 aliphatic heterocycles. The lowest BCUT2D eigenvalue weighted by atomic mass is 10.1. The van der Waals surface area contributed by atoms with Gasteiger partial charge in [-0.05, 0) is 18.2 Å². The molecule has 3 N–H and O–H groups in total. The summed E-state index contributed by atoms with van der Waals surface area (Å²) in [6.07, 6.45) is 0. The molecule has 4 nitrogen and oxygen atoms in total. The number of hydrogen-bond acceptors (Lipinski definition) is 4. The fraction of sp³-hybridized carbons (Fsp3) is 0. The number of benzene rings is 2. The van der Waals surface area contributed by atoms with E-state index < -0.39 is 0 Å². The van der Waals surface area contributed by atoms with Crippen LogP contribution >= 0.6 is 11.3 Å². The van der Waals surface area contributed by atoms with Gasteiger partial charge in [0.2, 0.25) is 0 Å². The first-order valence-electron chi connectivity index (χ1n) is 6.57. The van der Waals surface area contributed by atoms with E-state index in [2.05, 4.69) is 15.0 Å². The third-order valence-electron chi connectivity index (χ3n) is 3.33. The summed E-state index contributed by atoms with van der Waals surface area (Å²) in [6, 6.07) is 15.7. The normalized spacial score (nSPS) is 11.0. The number of aromatic amines is 1. The highest BCUT2D eigenvalue weighted by atomic mass is 32.1. The number of fused-ring (bicyclic) bond motifs is 1. The molecule has 0 spiro atoms. The highest BCUT2D eigenvalue weighted by Gasteiger charge is 2.11. The SMILES string of the molecule is Nc1ccccc1-c1csc(-c2nc3ccccc3[nH]2)n1. The molecule has 0 bridgehead atoms. The van der Waals surface area contributed by atoms with E-state index in [1.54, 1.807) is 11.3 Å². The second kappa shape index (κ2) is 4.71. The number of nitrogens with two attached hydrogens (primary N) is 1. The molecule has 0 unspecified atom stereocenters. The highest BCUT2D eigenvalue weighted by Crippen LogP contribution is 2.31. The van der Waals surface area contributed by atoms with Gasteiger partial charge in [-0.25, -0.2) is 9.97 Å². The van der Waals surface area contributed by atoms with Crippen molar-refractivity contribution in [2.45, 2.75) is 0 Å². The quantitative estimate of drug-likeness (QED) is 0.550. The number of H-pyrrole nitrogens is 1. The van der Waals surface area contributed by atoms with Gasteiger partial charge in [0.1, 0.15) is 0 Å². The summed E-state index contributed by atoms with van der Waals surface area (Å²) >= 11 is 1.56. The minimum atomic E-state index is 0.735. The average molecular weight is 292 g/mol. The zero-order valence-electron chi connectivity index (χ0n) is 11.1. The van der Waals surface area contributed by atoms with Gasteiger partial charge in [0.05, 0.1) is 16.7 Å². The van der Waals surface area contributed by atoms with E-state index in [1.807, 2.05) is 53.9 Å². The van der Waals surface area contributed by atoms with Crippen LogP contribution in [0, 0.1) is 0 Å². The maximum Gasteiger partial charge on any atom is 0.167 e. The Morgan fingerprint density at radius 3 is 2.62 bits per heavy atom. The molecule has 0 amide bonds. The predicted octanol–water partition coefficient (Wildman–Crippen LogP) is 3.94. The number of nitrogen functional groups attached to an aromatic ring is 1. The molecule has 0 radical (unpaired) electrons. The first kappa shape index (κ1) is 12.1. The molecule has 2 aromatic heterocycles. The monoisotopic (exact) mass is 292 g/mol. The third kappa shape index (κ3) is 2.08. The second-order valence-corrected chi connectivity index (χ2v) is 5.59. The van der Waals surface area contributed by atoms with Gasteiger partial charge in [0.15, 0.2) is 10.8 Å². The molecule has 21 heavy (non-hydrogen) atoms. The second-order valence-electron chi connectivity index (χ2n) is 4.73. The molecule has 2 heterocycles. The van der Waals surface area contributed by atoms with Crippen molar-refractivity contribution in [1.29, 1.82) is 0 Å². The summed E-state index contributed by atoms with van der Waals surface area (Å²) < 4.78 is 0. The lowest BCUT2D eigenvalue weighted by Gasteiger charge is -2.00. The first-order valence-corrected chi connectivity index (χ1v) is 7.45. The van der Waals surface area contributed by atoms with Crippen LogP contribution in [0.2, 0.25) is 0 Å². The van der Waals surface area contributed by atoms with Crippen molar-refractivity contribution >= 4 is 28.1 Å². The van der Waals surface area contributed by atoms with Crippen molar-refractivity contribution in [3.8, 4) is 22.1 Å². The average Bonchev–Trinajstić information content (AvgIpc) is 3.14. The van der Waals surface area contributed by atoms with Crippen LogP contribution in [-0.2, 0) is 0 Å². The van der Waals surface area contributed by atoms with Crippen molar-refractivity contribution < 1.29 is 0 Å². The van der Waals surface area contributed by atoms with E-state index in [1.165, 1.54) is 0 Å². The van der Waals surface area contributed by atoms with Gasteiger partial charge in [-0.2, -0.15) is 0 Å². The molecular formula is C16H12N4S. The zero-order chi connectivity index (χ0) is 14.2. The number of rotatable bonds is 2. The number of nitrogens with one attached hydrogen (secondary N) is 1. The summed E-state index contributed by atoms with van der Waals surface area (Å²) in [5, 5.41) is 2.87. The van der Waals surface area contributed by atoms with E-state index in [0.29, 0.717) is 0 Å². The first-order chi connectivity index (χ1) is 10.3. The van der Waals surface area contributed by atoms with Crippen molar-refractivity contribution in [3.05, 3.63) is 53.9 Å². The molecule has 4 aromatic rings. The van der Waals surface area contributed by atoms with Crippen LogP contribution < -0.4 is 5.73 Å². The van der Waals surface area contributed by atoms with Gasteiger partial charge >= 0.3 is 0 Å². The summed E-state index contributed by atoms with van der Waals surface area (Å²) in [7, 11) is 0. The Kier molecular flexibility index (Phi) is 2.72. The van der Waals surface area contributed by atoms with E-state index in [-0.39, 0.29) is 0 Å². The van der Waals surface area contributed by atoms with E-state index >= 15 is 0 Å². The lowest BCUT2D eigenvalue weighted by molar-refractivity contribution is 1.29. The Morgan fingerprint density at radius 2 is 1.76 bits per heavy atom. The van der Waals surface area contributed by atoms with Crippen LogP contribution in [0.3, 0.4) is 0 Å². The Labute approximate surface area is 125 Å². The lowest BCUT2D eigenvalue weighted by Crippen LogP contribution is -1.89. The Balaban J connectivity index is 1.79. The van der Waals surface area contributed by atoms with Gasteiger partial charge < -0.3 is 10.7 Å². The van der Waals surface area contributed by atoms with Crippen molar-refractivity contribution in [2.24, 2.45) is 0 Å². The van der Waals surface area contributed by atoms with Crippen LogP contribution in [0.25, 0.3) is 33.1 Å². The number of imidazole rings is 1. The van der Waals surface area contributed by atoms with Crippen molar-refractivity contribution in [3.63, 3.8) is 0 Å². The number of anilines is 1. The van der Waals surface area contributed by atoms with Gasteiger partial charge in [-0.3, -0.25) is 0 Å². The number of hydrogen-bond donors (Lipinski definition) is 2. The third-order valence-corrected chi connectivity index (χ3v) is 4.18. The van der Waals surface area contributed by atoms with Crippen LogP contribution in [0.1, 0.15) is 0 Å². The Morgan fingerprint density at radius 1 is 0.952 bits per heavy atom. The highest BCUT2D eigenvalue weighted by molar-refractivity contribution is 7.13. The van der Waals surface area contributed by atoms with Gasteiger partial charge in [-0.15, -0.1) is 11.3 Å². The minimum absolute atomic E-state index is 0.735. The number of aromatic nitrogens is 3. The summed E-state index contributed by atoms with van der Waals surface area (Å²) in [4.78, 5) is 12.5. The summed E-state index contributed by atoms with van der Waals surface area (Å²) in [5.74, 6) is 0.793. The molecule has 2 aromatic carbocycles. The molecule has 0 atom stereocenters. The molecule has 5 heteroatoms. The van der Waals surface area contributed by atoms with Crippen LogP contribution in [0.5, 0.6) is 0 Å². The van der Waals surface area contributed by atoms with Gasteiger partial charge in [-0.1, -0.05) is 30.3 Å². The minimum Gasteiger partial charge on any atom is -0.398 e. The van der Waals surface area contributed by atoms with Crippen LogP contribution in [0.15, 0.2) is 53.9 Å². The predicted molar refractivity (Wildman–Crippen MR) is 87.1 cm³/mol. The zero-order valence-corrected chi connectivity index (χ0v) is 11.9. The van der Waals surface area contributed by atoms with Gasteiger partial charge in [0.25, 0.3) is 0 Å². The molecule has 4 rings (SSSR count). The molecule has 0 saturated carbocycles. The molecule has 0 aliphatic rings.